The number of carbonyl (C=O) groups excluding carboxylic acids is 4. The Morgan fingerprint density at radius 1 is 0.674 bits per heavy atom. The predicted octanol–water partition coefficient (Wildman–Crippen LogP) is 13.6. The number of nitrogens with one attached hydrogen (secondary N) is 2. The lowest BCUT2D eigenvalue weighted by Gasteiger charge is -2.25. The summed E-state index contributed by atoms with van der Waals surface area (Å²) in [6, 6.07) is 33.8. The quantitative estimate of drug-likeness (QED) is 0.0573. The van der Waals surface area contributed by atoms with Gasteiger partial charge in [-0.05, 0) is 152 Å². The van der Waals surface area contributed by atoms with Crippen molar-refractivity contribution in [3.05, 3.63) is 179 Å². The monoisotopic (exact) mass is 1260 g/mol. The Morgan fingerprint density at radius 2 is 1.20 bits per heavy atom. The first-order chi connectivity index (χ1) is 42.6. The fraction of sp³-hybridized carbons (Fsp3) is 0.270. The average Bonchev–Trinajstić information content (AvgIpc) is 1.69. The average molecular weight is 1260 g/mol. The van der Waals surface area contributed by atoms with Crippen molar-refractivity contribution in [3.63, 3.8) is 0 Å². The lowest BCUT2D eigenvalue weighted by molar-refractivity contribution is -0.275. The van der Waals surface area contributed by atoms with Gasteiger partial charge < -0.3 is 20.1 Å². The van der Waals surface area contributed by atoms with E-state index in [1.165, 1.54) is 80.3 Å². The van der Waals surface area contributed by atoms with E-state index < -0.39 is 30.0 Å². The van der Waals surface area contributed by atoms with Gasteiger partial charge in [0.05, 0.1) is 28.5 Å². The highest BCUT2D eigenvalue weighted by molar-refractivity contribution is 8.16. The number of ether oxygens (including phenoxy) is 2. The van der Waals surface area contributed by atoms with Crippen molar-refractivity contribution in [2.45, 2.75) is 90.6 Å². The molecule has 1 unspecified atom stereocenters. The second-order valence-electron chi connectivity index (χ2n) is 21.0. The van der Waals surface area contributed by atoms with Crippen LogP contribution in [-0.2, 0) is 28.9 Å². The van der Waals surface area contributed by atoms with Crippen LogP contribution < -0.4 is 29.9 Å². The van der Waals surface area contributed by atoms with E-state index in [2.05, 4.69) is 50.3 Å². The number of urea groups is 2. The highest BCUT2D eigenvalue weighted by atomic mass is 32.2. The van der Waals surface area contributed by atoms with E-state index in [1.807, 2.05) is 113 Å². The number of carbonyl (C=O) groups is 4. The second-order valence-corrected chi connectivity index (χ2v) is 23.0. The maximum atomic E-state index is 15.1. The van der Waals surface area contributed by atoms with E-state index in [-0.39, 0.29) is 58.4 Å². The van der Waals surface area contributed by atoms with Crippen molar-refractivity contribution in [2.24, 2.45) is 9.98 Å². The molecule has 2 aliphatic heterocycles. The predicted molar refractivity (Wildman–Crippen MR) is 329 cm³/mol. The number of hydrogen-bond donors (Lipinski definition) is 2. The number of thioether (sulfide) groups is 2. The van der Waals surface area contributed by atoms with Gasteiger partial charge in [0.2, 0.25) is 5.91 Å². The minimum Gasteiger partial charge on any atom is -0.406 e. The number of nitrogens with zero attached hydrogens (tertiary/aromatic N) is 10. The molecule has 2 saturated heterocycles. The van der Waals surface area contributed by atoms with Gasteiger partial charge >= 0.3 is 24.8 Å². The number of halogens is 6. The summed E-state index contributed by atoms with van der Waals surface area (Å²) in [5.41, 5.74) is 9.25. The molecule has 460 valence electrons. The first-order valence-electron chi connectivity index (χ1n) is 28.2. The van der Waals surface area contributed by atoms with E-state index in [4.69, 9.17) is 0 Å². The molecule has 0 bridgehead atoms. The molecule has 0 aliphatic carbocycles. The SMILES string of the molecule is CCc1ccc(C2SC(=NC(=O)NCCCc3cccc(-c4ncn(-c5ccc(OC(F)(F)F)cc5)n4)c3)N(c3ccc(C)cc3C(C)C)C2=O)c(C)c1N1C(=O)CSC1=NC(=O)NCCCc1cccc(-c2ncn(-c3ccc(OC(F)(F)F)cc3)n2)c1. The van der Waals surface area contributed by atoms with Crippen molar-refractivity contribution in [3.8, 4) is 45.6 Å². The van der Waals surface area contributed by atoms with Crippen LogP contribution in [0.25, 0.3) is 34.2 Å². The molecule has 1 atom stereocenters. The van der Waals surface area contributed by atoms with Gasteiger partial charge in [-0.25, -0.2) is 28.9 Å². The topological polar surface area (TPSA) is 203 Å². The zero-order valence-electron chi connectivity index (χ0n) is 48.6. The number of rotatable bonds is 19. The Balaban J connectivity index is 0.796. The molecule has 6 aromatic carbocycles. The third-order valence-electron chi connectivity index (χ3n) is 14.4. The molecule has 0 saturated carbocycles. The Kier molecular flexibility index (Phi) is 19.0. The molecule has 6 amide bonds. The van der Waals surface area contributed by atoms with Gasteiger partial charge in [0.15, 0.2) is 22.0 Å². The molecule has 0 radical (unpaired) electrons. The molecule has 2 fully saturated rings. The molecule has 0 spiro atoms. The lowest BCUT2D eigenvalue weighted by atomic mass is 9.95. The Hall–Kier alpha value is -9.30. The summed E-state index contributed by atoms with van der Waals surface area (Å²) in [4.78, 5) is 77.0. The Labute approximate surface area is 515 Å². The fourth-order valence-electron chi connectivity index (χ4n) is 10.2. The molecule has 26 heteroatoms. The normalized spacial score (nSPS) is 15.4. The number of amides is 6. The second kappa shape index (κ2) is 27.0. The van der Waals surface area contributed by atoms with Crippen molar-refractivity contribution < 1.29 is 55.0 Å². The van der Waals surface area contributed by atoms with Gasteiger partial charge in [0.25, 0.3) is 5.91 Å². The number of alkyl halides is 6. The largest absolute Gasteiger partial charge is 0.573 e. The molecule has 89 heavy (non-hydrogen) atoms. The number of aliphatic imine (C=N–C) groups is 2. The maximum Gasteiger partial charge on any atom is 0.573 e. The molecule has 18 nitrogen and oxygen atoms in total. The zero-order chi connectivity index (χ0) is 63.1. The van der Waals surface area contributed by atoms with Crippen LogP contribution in [-0.4, -0.2) is 95.3 Å². The van der Waals surface area contributed by atoms with Crippen LogP contribution in [0, 0.1) is 13.8 Å². The summed E-state index contributed by atoms with van der Waals surface area (Å²) in [6.45, 7) is 10.3. The molecule has 2 aliphatic rings. The summed E-state index contributed by atoms with van der Waals surface area (Å²) in [7, 11) is 0. The lowest BCUT2D eigenvalue weighted by Crippen LogP contribution is -2.34. The molecule has 4 heterocycles. The number of aryl methyl sites for hydroxylation is 4. The van der Waals surface area contributed by atoms with Crippen LogP contribution in [0.15, 0.2) is 150 Å². The third kappa shape index (κ3) is 15.3. The zero-order valence-corrected chi connectivity index (χ0v) is 50.2. The van der Waals surface area contributed by atoms with Gasteiger partial charge in [-0.3, -0.25) is 19.4 Å². The molecule has 2 N–H and O–H groups in total. The van der Waals surface area contributed by atoms with Crippen molar-refractivity contribution in [2.75, 3.05) is 28.6 Å². The highest BCUT2D eigenvalue weighted by Gasteiger charge is 2.44. The van der Waals surface area contributed by atoms with Crippen LogP contribution in [0.5, 0.6) is 11.5 Å². The minimum absolute atomic E-state index is 0.00792. The van der Waals surface area contributed by atoms with E-state index in [0.29, 0.717) is 88.8 Å². The summed E-state index contributed by atoms with van der Waals surface area (Å²) >= 11 is 2.27. The van der Waals surface area contributed by atoms with Crippen molar-refractivity contribution in [1.29, 1.82) is 0 Å². The molecule has 10 rings (SSSR count). The summed E-state index contributed by atoms with van der Waals surface area (Å²) in [5, 5.41) is 14.2. The molecular weight excluding hydrogens is 1200 g/mol. The van der Waals surface area contributed by atoms with Crippen LogP contribution in [0.4, 0.5) is 47.3 Å². The van der Waals surface area contributed by atoms with Gasteiger partial charge in [-0.2, -0.15) is 9.98 Å². The number of aromatic nitrogens is 6. The summed E-state index contributed by atoms with van der Waals surface area (Å²) < 4.78 is 86.8. The summed E-state index contributed by atoms with van der Waals surface area (Å²) in [5.74, 6) is -0.519. The van der Waals surface area contributed by atoms with Gasteiger partial charge in [0, 0.05) is 24.2 Å². The number of anilines is 2. The Morgan fingerprint density at radius 3 is 1.71 bits per heavy atom. The fourth-order valence-corrected chi connectivity index (χ4v) is 12.3. The van der Waals surface area contributed by atoms with E-state index >= 15 is 4.79 Å². The van der Waals surface area contributed by atoms with E-state index in [1.54, 1.807) is 0 Å². The molecule has 2 aromatic heterocycles. The first kappa shape index (κ1) is 62.7. The number of benzene rings is 6. The number of hydrogen-bond acceptors (Lipinski definition) is 12. The smallest absolute Gasteiger partial charge is 0.406 e. The van der Waals surface area contributed by atoms with Crippen LogP contribution >= 0.6 is 23.5 Å². The van der Waals surface area contributed by atoms with E-state index in [0.717, 1.165) is 51.3 Å². The number of amidine groups is 2. The van der Waals surface area contributed by atoms with Gasteiger partial charge in [-0.15, -0.1) is 36.5 Å². The molecule has 8 aromatic rings. The highest BCUT2D eigenvalue weighted by Crippen LogP contribution is 2.47. The minimum atomic E-state index is -4.81. The van der Waals surface area contributed by atoms with Crippen molar-refractivity contribution in [1.82, 2.24) is 40.2 Å². The third-order valence-corrected chi connectivity index (χ3v) is 16.5. The Bertz CT molecular complexity index is 4000. The standard InChI is InChI=1S/C63H58F6N12O6S2/c1-6-42-18-27-49(39(5)53(42)81-52(82)34-88-60(81)74-58(84)70-29-9-13-40-11-7-15-43(32-40)55-72-35-78(76-55)45-19-23-47(24-20-45)86-62(64,65)66)54-57(83)80(51-28-17-38(4)31-50(51)37(2)3)61(89-54)75-59(85)71-30-10-14-41-12-8-16-44(33-41)56-73-36-79(77-56)46-21-25-48(26-22-46)87-63(67,68)69/h7-8,11-12,15-28,31-33,35-37,54H,6,9-10,13-14,29-30,34H2,1-5H3,(H,70,84)(H,71,85). The molecular formula is C63H58F6N12O6S2. The van der Waals surface area contributed by atoms with Crippen LogP contribution in [0.3, 0.4) is 0 Å². The van der Waals surface area contributed by atoms with Crippen LogP contribution in [0.2, 0.25) is 0 Å². The van der Waals surface area contributed by atoms with Crippen molar-refractivity contribution >= 4 is 69.1 Å². The summed E-state index contributed by atoms with van der Waals surface area (Å²) in [6.07, 6.45) is -4.00. The maximum absolute atomic E-state index is 15.1. The van der Waals surface area contributed by atoms with Gasteiger partial charge in [0.1, 0.15) is 29.4 Å². The first-order valence-corrected chi connectivity index (χ1v) is 30.1. The van der Waals surface area contributed by atoms with Crippen LogP contribution in [0.1, 0.15) is 83.7 Å². The van der Waals surface area contributed by atoms with E-state index in [9.17, 15) is 40.7 Å². The van der Waals surface area contributed by atoms with Gasteiger partial charge in [-0.1, -0.05) is 111 Å².